The van der Waals surface area contributed by atoms with Gasteiger partial charge in [0.15, 0.2) is 0 Å². The quantitative estimate of drug-likeness (QED) is 0.726. The fourth-order valence-corrected chi connectivity index (χ4v) is 4.71. The molecule has 7 heteroatoms. The highest BCUT2D eigenvalue weighted by atomic mass is 32.2. The Morgan fingerprint density at radius 3 is 2.48 bits per heavy atom. The van der Waals surface area contributed by atoms with E-state index in [0.29, 0.717) is 19.7 Å². The summed E-state index contributed by atoms with van der Waals surface area (Å²) in [6.45, 7) is 6.15. The van der Waals surface area contributed by atoms with E-state index >= 15 is 0 Å². The lowest BCUT2D eigenvalue weighted by Crippen LogP contribution is -3.14. The monoisotopic (exact) mass is 393 g/mol. The molecule has 1 heterocycles. The third kappa shape index (κ3) is 5.28. The fourth-order valence-electron chi connectivity index (χ4n) is 3.27. The predicted molar refractivity (Wildman–Crippen MR) is 102 cm³/mol. The van der Waals surface area contributed by atoms with Crippen LogP contribution in [0.4, 0.5) is 4.39 Å². The van der Waals surface area contributed by atoms with Gasteiger partial charge in [-0.15, -0.1) is 0 Å². The number of benzene rings is 2. The lowest BCUT2D eigenvalue weighted by atomic mass is 10.2. The zero-order valence-electron chi connectivity index (χ0n) is 15.5. The molecule has 1 saturated heterocycles. The van der Waals surface area contributed by atoms with Gasteiger partial charge >= 0.3 is 0 Å². The Bertz CT molecular complexity index is 848. The summed E-state index contributed by atoms with van der Waals surface area (Å²) in [5, 5.41) is 0. The molecule has 1 N–H and O–H groups in total. The molecule has 1 aliphatic heterocycles. The first kappa shape index (κ1) is 19.8. The fraction of sp³-hybridized carbons (Fsp3) is 0.400. The van der Waals surface area contributed by atoms with Gasteiger partial charge in [0.1, 0.15) is 11.6 Å². The Morgan fingerprint density at radius 1 is 1.11 bits per heavy atom. The van der Waals surface area contributed by atoms with Gasteiger partial charge in [0, 0.05) is 6.42 Å². The Balaban J connectivity index is 1.43. The molecule has 0 radical (unpaired) electrons. The Labute approximate surface area is 160 Å². The zero-order chi connectivity index (χ0) is 19.3. The molecule has 0 aliphatic carbocycles. The maximum Gasteiger partial charge on any atom is 0.243 e. The van der Waals surface area contributed by atoms with E-state index < -0.39 is 15.8 Å². The van der Waals surface area contributed by atoms with E-state index in [-0.39, 0.29) is 4.90 Å². The van der Waals surface area contributed by atoms with E-state index in [9.17, 15) is 12.8 Å². The number of hydrogen-bond acceptors (Lipinski definition) is 3. The number of piperazine rings is 1. The van der Waals surface area contributed by atoms with Crippen LogP contribution in [0.15, 0.2) is 53.4 Å². The van der Waals surface area contributed by atoms with Crippen molar-refractivity contribution in [2.45, 2.75) is 18.2 Å². The number of rotatable bonds is 7. The number of aryl methyl sites for hydroxylation is 1. The van der Waals surface area contributed by atoms with Crippen LogP contribution in [-0.4, -0.2) is 52.1 Å². The van der Waals surface area contributed by atoms with Gasteiger partial charge < -0.3 is 9.64 Å². The highest BCUT2D eigenvalue weighted by molar-refractivity contribution is 7.89. The summed E-state index contributed by atoms with van der Waals surface area (Å²) >= 11 is 0. The van der Waals surface area contributed by atoms with Crippen LogP contribution in [0.5, 0.6) is 5.75 Å². The predicted octanol–water partition coefficient (Wildman–Crippen LogP) is 1.49. The standard InChI is InChI=1S/C20H25FN2O3S/c1-17-4-2-5-19(16-17)26-15-3-10-22-11-13-23(14-12-22)27(24,25)20-8-6-18(21)7-9-20/h2,4-9,16H,3,10-15H2,1H3/p+1. The molecule has 1 fully saturated rings. The molecule has 2 aromatic rings. The van der Waals surface area contributed by atoms with Gasteiger partial charge in [-0.05, 0) is 48.9 Å². The minimum absolute atomic E-state index is 0.152. The highest BCUT2D eigenvalue weighted by Crippen LogP contribution is 2.16. The molecule has 0 bridgehead atoms. The van der Waals surface area contributed by atoms with Crippen LogP contribution in [-0.2, 0) is 10.0 Å². The molecule has 1 aliphatic rings. The van der Waals surface area contributed by atoms with E-state index in [4.69, 9.17) is 4.74 Å². The highest BCUT2D eigenvalue weighted by Gasteiger charge is 2.30. The maximum atomic E-state index is 13.0. The number of halogens is 1. The summed E-state index contributed by atoms with van der Waals surface area (Å²) in [5.41, 5.74) is 1.18. The van der Waals surface area contributed by atoms with Crippen molar-refractivity contribution in [2.75, 3.05) is 39.3 Å². The number of sulfonamides is 1. The third-order valence-electron chi connectivity index (χ3n) is 4.81. The summed E-state index contributed by atoms with van der Waals surface area (Å²) in [7, 11) is -3.54. The molecule has 27 heavy (non-hydrogen) atoms. The summed E-state index contributed by atoms with van der Waals surface area (Å²) < 4.78 is 45.5. The summed E-state index contributed by atoms with van der Waals surface area (Å²) in [6, 6.07) is 13.0. The Kier molecular flexibility index (Phi) is 6.46. The molecule has 0 spiro atoms. The molecule has 0 saturated carbocycles. The van der Waals surface area contributed by atoms with Gasteiger partial charge in [0.2, 0.25) is 10.0 Å². The van der Waals surface area contributed by atoms with Crippen molar-refractivity contribution in [3.63, 3.8) is 0 Å². The molecule has 5 nitrogen and oxygen atoms in total. The molecule has 3 rings (SSSR count). The number of nitrogens with one attached hydrogen (secondary N) is 1. The van der Waals surface area contributed by atoms with Gasteiger partial charge in [-0.3, -0.25) is 0 Å². The van der Waals surface area contributed by atoms with E-state index in [0.717, 1.165) is 31.8 Å². The lowest BCUT2D eigenvalue weighted by Gasteiger charge is -2.31. The normalized spacial score (nSPS) is 16.4. The topological polar surface area (TPSA) is 51.1 Å². The molecule has 2 aromatic carbocycles. The number of nitrogens with zero attached hydrogens (tertiary/aromatic N) is 1. The second-order valence-corrected chi connectivity index (χ2v) is 8.81. The van der Waals surface area contributed by atoms with Crippen molar-refractivity contribution >= 4 is 10.0 Å². The summed E-state index contributed by atoms with van der Waals surface area (Å²) in [4.78, 5) is 1.53. The molecule has 146 valence electrons. The van der Waals surface area contributed by atoms with Crippen LogP contribution in [0.2, 0.25) is 0 Å². The molecule has 0 amide bonds. The molecular formula is C20H26FN2O3S+. The second-order valence-electron chi connectivity index (χ2n) is 6.88. The van der Waals surface area contributed by atoms with Gasteiger partial charge in [-0.25, -0.2) is 12.8 Å². The summed E-state index contributed by atoms with van der Waals surface area (Å²) in [6.07, 6.45) is 0.925. The SMILES string of the molecule is Cc1cccc(OCCC[NH+]2CCN(S(=O)(=O)c3ccc(F)cc3)CC2)c1. The van der Waals surface area contributed by atoms with Crippen LogP contribution < -0.4 is 9.64 Å². The zero-order valence-corrected chi connectivity index (χ0v) is 16.3. The van der Waals surface area contributed by atoms with Crippen LogP contribution in [0.3, 0.4) is 0 Å². The van der Waals surface area contributed by atoms with E-state index in [2.05, 4.69) is 0 Å². The molecular weight excluding hydrogens is 367 g/mol. The molecule has 0 atom stereocenters. The number of ether oxygens (including phenoxy) is 1. The molecule has 0 aromatic heterocycles. The lowest BCUT2D eigenvalue weighted by molar-refractivity contribution is -0.903. The number of quaternary nitrogens is 1. The minimum Gasteiger partial charge on any atom is -0.493 e. The Hall–Kier alpha value is -1.96. The minimum atomic E-state index is -3.54. The van der Waals surface area contributed by atoms with Crippen molar-refractivity contribution in [2.24, 2.45) is 0 Å². The van der Waals surface area contributed by atoms with E-state index in [1.807, 2.05) is 31.2 Å². The van der Waals surface area contributed by atoms with Gasteiger partial charge in [-0.2, -0.15) is 4.31 Å². The molecule has 0 unspecified atom stereocenters. The Morgan fingerprint density at radius 2 is 1.81 bits per heavy atom. The van der Waals surface area contributed by atoms with Crippen molar-refractivity contribution in [1.29, 1.82) is 0 Å². The second kappa shape index (κ2) is 8.82. The van der Waals surface area contributed by atoms with Gasteiger partial charge in [0.05, 0.1) is 44.2 Å². The first-order valence-corrected chi connectivity index (χ1v) is 10.7. The number of hydrogen-bond donors (Lipinski definition) is 1. The van der Waals surface area contributed by atoms with Gasteiger partial charge in [-0.1, -0.05) is 12.1 Å². The largest absolute Gasteiger partial charge is 0.493 e. The van der Waals surface area contributed by atoms with Crippen LogP contribution in [0, 0.1) is 12.7 Å². The van der Waals surface area contributed by atoms with E-state index in [1.165, 1.54) is 39.0 Å². The van der Waals surface area contributed by atoms with Crippen LogP contribution in [0.25, 0.3) is 0 Å². The average molecular weight is 394 g/mol. The first-order chi connectivity index (χ1) is 12.9. The van der Waals surface area contributed by atoms with Crippen LogP contribution in [0.1, 0.15) is 12.0 Å². The van der Waals surface area contributed by atoms with Crippen LogP contribution >= 0.6 is 0 Å². The average Bonchev–Trinajstić information content (AvgIpc) is 2.66. The van der Waals surface area contributed by atoms with E-state index in [1.54, 1.807) is 0 Å². The summed E-state index contributed by atoms with van der Waals surface area (Å²) in [5.74, 6) is 0.455. The maximum absolute atomic E-state index is 13.0. The smallest absolute Gasteiger partial charge is 0.243 e. The van der Waals surface area contributed by atoms with Crippen molar-refractivity contribution in [3.05, 3.63) is 59.9 Å². The third-order valence-corrected chi connectivity index (χ3v) is 6.73. The van der Waals surface area contributed by atoms with Gasteiger partial charge in [0.25, 0.3) is 0 Å². The van der Waals surface area contributed by atoms with Crippen molar-refractivity contribution < 1.29 is 22.4 Å². The van der Waals surface area contributed by atoms with Crippen molar-refractivity contribution in [3.8, 4) is 5.75 Å². The first-order valence-electron chi connectivity index (χ1n) is 9.24. The van der Waals surface area contributed by atoms with Crippen molar-refractivity contribution in [1.82, 2.24) is 4.31 Å².